The van der Waals surface area contributed by atoms with Crippen molar-refractivity contribution in [3.05, 3.63) is 0 Å². The molecule has 1 rings (SSSR count). The Morgan fingerprint density at radius 1 is 1.14 bits per heavy atom. The molecule has 0 amide bonds. The minimum Gasteiger partial charge on any atom is -0.328 e. The van der Waals surface area contributed by atoms with Crippen LogP contribution in [0.4, 0.5) is 0 Å². The molecule has 0 bridgehead atoms. The third-order valence-electron chi connectivity index (χ3n) is 3.18. The normalized spacial score (nSPS) is 26.6. The summed E-state index contributed by atoms with van der Waals surface area (Å²) in [5.74, 6) is 0. The van der Waals surface area contributed by atoms with Gasteiger partial charge in [-0.25, -0.2) is 0 Å². The van der Waals surface area contributed by atoms with E-state index in [2.05, 4.69) is 11.8 Å². The average molecular weight is 198 g/mol. The highest BCUT2D eigenvalue weighted by Gasteiger charge is 2.09. The standard InChI is InChI=1S/C12H26N2/c1-2-3-9-14-10-5-4-7-12(13)8-6-11-14/h12H,2-11,13H2,1H3. The summed E-state index contributed by atoms with van der Waals surface area (Å²) < 4.78 is 0. The first-order chi connectivity index (χ1) is 6.83. The molecule has 1 unspecified atom stereocenters. The molecule has 0 aromatic carbocycles. The van der Waals surface area contributed by atoms with Crippen molar-refractivity contribution >= 4 is 0 Å². The fourth-order valence-electron chi connectivity index (χ4n) is 2.18. The number of rotatable bonds is 3. The molecule has 1 atom stereocenters. The lowest BCUT2D eigenvalue weighted by atomic mass is 10.1. The molecular weight excluding hydrogens is 172 g/mol. The molecule has 1 aliphatic heterocycles. The Labute approximate surface area is 88.8 Å². The van der Waals surface area contributed by atoms with Crippen LogP contribution in [-0.4, -0.2) is 30.6 Å². The van der Waals surface area contributed by atoms with Crippen LogP contribution in [0.5, 0.6) is 0 Å². The predicted octanol–water partition coefficient (Wildman–Crippen LogP) is 2.38. The Bertz CT molecular complexity index is 136. The lowest BCUT2D eigenvalue weighted by Crippen LogP contribution is -2.27. The highest BCUT2D eigenvalue weighted by molar-refractivity contribution is 4.68. The van der Waals surface area contributed by atoms with Crippen LogP contribution in [0.2, 0.25) is 0 Å². The fraction of sp³-hybridized carbons (Fsp3) is 1.00. The smallest absolute Gasteiger partial charge is 0.00393 e. The van der Waals surface area contributed by atoms with Gasteiger partial charge in [-0.1, -0.05) is 19.8 Å². The van der Waals surface area contributed by atoms with E-state index in [0.717, 1.165) is 0 Å². The molecule has 0 aromatic heterocycles. The molecular formula is C12H26N2. The summed E-state index contributed by atoms with van der Waals surface area (Å²) in [5, 5.41) is 0. The molecule has 2 heteroatoms. The number of nitrogens with zero attached hydrogens (tertiary/aromatic N) is 1. The van der Waals surface area contributed by atoms with Crippen LogP contribution in [0.1, 0.15) is 51.9 Å². The zero-order valence-electron chi connectivity index (χ0n) is 9.67. The summed E-state index contributed by atoms with van der Waals surface area (Å²) >= 11 is 0. The van der Waals surface area contributed by atoms with Crippen LogP contribution >= 0.6 is 0 Å². The van der Waals surface area contributed by atoms with Crippen LogP contribution in [0.15, 0.2) is 0 Å². The first kappa shape index (κ1) is 12.0. The van der Waals surface area contributed by atoms with Crippen LogP contribution in [0, 0.1) is 0 Å². The van der Waals surface area contributed by atoms with Crippen molar-refractivity contribution in [1.29, 1.82) is 0 Å². The molecule has 0 radical (unpaired) electrons. The van der Waals surface area contributed by atoms with E-state index >= 15 is 0 Å². The van der Waals surface area contributed by atoms with E-state index in [4.69, 9.17) is 5.73 Å². The largest absolute Gasteiger partial charge is 0.328 e. The number of hydrogen-bond acceptors (Lipinski definition) is 2. The Hall–Kier alpha value is -0.0800. The molecule has 84 valence electrons. The van der Waals surface area contributed by atoms with Gasteiger partial charge in [-0.05, 0) is 51.7 Å². The maximum absolute atomic E-state index is 6.00. The van der Waals surface area contributed by atoms with E-state index in [9.17, 15) is 0 Å². The Kier molecular flexibility index (Phi) is 6.20. The van der Waals surface area contributed by atoms with Gasteiger partial charge in [0.15, 0.2) is 0 Å². The number of hydrogen-bond donors (Lipinski definition) is 1. The second-order valence-corrected chi connectivity index (χ2v) is 4.59. The third-order valence-corrected chi connectivity index (χ3v) is 3.18. The van der Waals surface area contributed by atoms with Crippen molar-refractivity contribution in [3.63, 3.8) is 0 Å². The monoisotopic (exact) mass is 198 g/mol. The maximum Gasteiger partial charge on any atom is 0.00393 e. The summed E-state index contributed by atoms with van der Waals surface area (Å²) in [6.45, 7) is 6.14. The van der Waals surface area contributed by atoms with E-state index in [1.165, 1.54) is 64.6 Å². The Morgan fingerprint density at radius 2 is 1.86 bits per heavy atom. The van der Waals surface area contributed by atoms with Crippen molar-refractivity contribution in [2.45, 2.75) is 57.9 Å². The van der Waals surface area contributed by atoms with Crippen molar-refractivity contribution in [1.82, 2.24) is 4.90 Å². The zero-order chi connectivity index (χ0) is 10.2. The van der Waals surface area contributed by atoms with Crippen molar-refractivity contribution in [3.8, 4) is 0 Å². The molecule has 14 heavy (non-hydrogen) atoms. The minimum atomic E-state index is 0.473. The molecule has 1 saturated heterocycles. The molecule has 0 saturated carbocycles. The van der Waals surface area contributed by atoms with Gasteiger partial charge in [0.05, 0.1) is 0 Å². The fourth-order valence-corrected chi connectivity index (χ4v) is 2.18. The highest BCUT2D eigenvalue weighted by atomic mass is 15.1. The van der Waals surface area contributed by atoms with Gasteiger partial charge < -0.3 is 10.6 Å². The van der Waals surface area contributed by atoms with Gasteiger partial charge in [0.1, 0.15) is 0 Å². The number of nitrogens with two attached hydrogens (primary N) is 1. The third kappa shape index (κ3) is 4.97. The Morgan fingerprint density at radius 3 is 2.64 bits per heavy atom. The van der Waals surface area contributed by atoms with E-state index in [0.29, 0.717) is 6.04 Å². The van der Waals surface area contributed by atoms with Gasteiger partial charge in [-0.2, -0.15) is 0 Å². The Balaban J connectivity index is 2.22. The summed E-state index contributed by atoms with van der Waals surface area (Å²) in [6, 6.07) is 0.473. The minimum absolute atomic E-state index is 0.473. The van der Waals surface area contributed by atoms with Crippen LogP contribution < -0.4 is 5.73 Å². The quantitative estimate of drug-likeness (QED) is 0.754. The SMILES string of the molecule is CCCCN1CCCCC(N)CCC1. The molecule has 0 aliphatic carbocycles. The van der Waals surface area contributed by atoms with Gasteiger partial charge >= 0.3 is 0 Å². The van der Waals surface area contributed by atoms with E-state index in [1.54, 1.807) is 0 Å². The summed E-state index contributed by atoms with van der Waals surface area (Å²) in [6.07, 6.45) is 9.10. The lowest BCUT2D eigenvalue weighted by Gasteiger charge is -2.20. The summed E-state index contributed by atoms with van der Waals surface area (Å²) in [7, 11) is 0. The van der Waals surface area contributed by atoms with E-state index in [-0.39, 0.29) is 0 Å². The second-order valence-electron chi connectivity index (χ2n) is 4.59. The molecule has 1 aliphatic rings. The summed E-state index contributed by atoms with van der Waals surface area (Å²) in [5.41, 5.74) is 6.00. The molecule has 0 aromatic rings. The molecule has 2 nitrogen and oxygen atoms in total. The van der Waals surface area contributed by atoms with Gasteiger partial charge in [0.2, 0.25) is 0 Å². The van der Waals surface area contributed by atoms with Gasteiger partial charge in [-0.15, -0.1) is 0 Å². The van der Waals surface area contributed by atoms with Crippen molar-refractivity contribution in [2.24, 2.45) is 5.73 Å². The topological polar surface area (TPSA) is 29.3 Å². The van der Waals surface area contributed by atoms with Crippen LogP contribution in [0.25, 0.3) is 0 Å². The lowest BCUT2D eigenvalue weighted by molar-refractivity contribution is 0.264. The molecule has 2 N–H and O–H groups in total. The maximum atomic E-state index is 6.00. The molecule has 1 heterocycles. The predicted molar refractivity (Wildman–Crippen MR) is 62.4 cm³/mol. The van der Waals surface area contributed by atoms with Gasteiger partial charge in [-0.3, -0.25) is 0 Å². The highest BCUT2D eigenvalue weighted by Crippen LogP contribution is 2.11. The first-order valence-electron chi connectivity index (χ1n) is 6.31. The van der Waals surface area contributed by atoms with Crippen LogP contribution in [-0.2, 0) is 0 Å². The molecule has 0 spiro atoms. The summed E-state index contributed by atoms with van der Waals surface area (Å²) in [4.78, 5) is 2.63. The zero-order valence-corrected chi connectivity index (χ0v) is 9.67. The van der Waals surface area contributed by atoms with Crippen molar-refractivity contribution < 1.29 is 0 Å². The van der Waals surface area contributed by atoms with Gasteiger partial charge in [0.25, 0.3) is 0 Å². The average Bonchev–Trinajstić information content (AvgIpc) is 2.28. The van der Waals surface area contributed by atoms with E-state index in [1.807, 2.05) is 0 Å². The number of unbranched alkanes of at least 4 members (excludes halogenated alkanes) is 1. The second kappa shape index (κ2) is 7.24. The van der Waals surface area contributed by atoms with Crippen molar-refractivity contribution in [2.75, 3.05) is 19.6 Å². The molecule has 1 fully saturated rings. The first-order valence-corrected chi connectivity index (χ1v) is 6.31. The van der Waals surface area contributed by atoms with Crippen LogP contribution in [0.3, 0.4) is 0 Å². The van der Waals surface area contributed by atoms with Gasteiger partial charge in [0, 0.05) is 6.04 Å². The van der Waals surface area contributed by atoms with E-state index < -0.39 is 0 Å².